The van der Waals surface area contributed by atoms with E-state index in [0.29, 0.717) is 24.5 Å². The number of aromatic nitrogens is 3. The predicted molar refractivity (Wildman–Crippen MR) is 132 cm³/mol. The van der Waals surface area contributed by atoms with Gasteiger partial charge in [0, 0.05) is 5.56 Å². The molecule has 0 spiro atoms. The van der Waals surface area contributed by atoms with E-state index < -0.39 is 5.54 Å². The summed E-state index contributed by atoms with van der Waals surface area (Å²) >= 11 is 1.32. The van der Waals surface area contributed by atoms with Crippen molar-refractivity contribution in [2.45, 2.75) is 75.5 Å². The van der Waals surface area contributed by atoms with Crippen LogP contribution in [0, 0.1) is 11.3 Å². The molecular formula is C26H31N5O2S. The van der Waals surface area contributed by atoms with Crippen LogP contribution < -0.4 is 5.32 Å². The third-order valence-corrected chi connectivity index (χ3v) is 7.22. The molecule has 0 saturated heterocycles. The summed E-state index contributed by atoms with van der Waals surface area (Å²) in [6, 6.07) is 14.5. The van der Waals surface area contributed by atoms with Crippen molar-refractivity contribution in [1.82, 2.24) is 20.1 Å². The lowest BCUT2D eigenvalue weighted by atomic mass is 9.83. The van der Waals surface area contributed by atoms with Crippen LogP contribution in [0.2, 0.25) is 0 Å². The predicted octanol–water partition coefficient (Wildman–Crippen LogP) is 5.32. The zero-order valence-corrected chi connectivity index (χ0v) is 20.8. The molecule has 1 N–H and O–H groups in total. The van der Waals surface area contributed by atoms with Crippen molar-refractivity contribution in [3.63, 3.8) is 0 Å². The summed E-state index contributed by atoms with van der Waals surface area (Å²) in [5.74, 6) is 1.52. The second-order valence-electron chi connectivity index (χ2n) is 9.89. The first-order valence-electron chi connectivity index (χ1n) is 11.7. The van der Waals surface area contributed by atoms with Gasteiger partial charge in [-0.1, -0.05) is 76.1 Å². The number of rotatable bonds is 7. The van der Waals surface area contributed by atoms with Crippen LogP contribution in [-0.2, 0) is 16.8 Å². The molecule has 4 rings (SSSR count). The lowest BCUT2D eigenvalue weighted by Crippen LogP contribution is -2.49. The molecule has 178 valence electrons. The van der Waals surface area contributed by atoms with E-state index in [1.807, 2.05) is 16.7 Å². The van der Waals surface area contributed by atoms with Crippen LogP contribution in [-0.4, -0.2) is 32.0 Å². The zero-order valence-electron chi connectivity index (χ0n) is 20.0. The number of carbonyl (C=O) groups excluding carboxylic acids is 1. The Kier molecular flexibility index (Phi) is 7.13. The highest BCUT2D eigenvalue weighted by molar-refractivity contribution is 7.99. The van der Waals surface area contributed by atoms with Crippen LogP contribution in [0.15, 0.2) is 52.2 Å². The summed E-state index contributed by atoms with van der Waals surface area (Å²) in [6.07, 6.45) is 6.12. The number of benzene rings is 1. The maximum atomic E-state index is 12.7. The number of thioether (sulfide) groups is 1. The second-order valence-corrected chi connectivity index (χ2v) is 10.8. The standard InChI is InChI=1S/C26H31N5O2S/c1-25(2,3)20-11-9-19(10-12-20)23-29-30-24(31(23)16-21-8-7-15-33-21)34-17-22(32)28-26(18-27)13-5-4-6-14-26/h7-12,15H,4-6,13-14,16-17H2,1-3H3,(H,28,32). The molecule has 1 aliphatic carbocycles. The number of nitrogens with one attached hydrogen (secondary N) is 1. The summed E-state index contributed by atoms with van der Waals surface area (Å²) in [7, 11) is 0. The van der Waals surface area contributed by atoms with Crippen LogP contribution in [0.3, 0.4) is 0 Å². The van der Waals surface area contributed by atoms with Gasteiger partial charge in [0.1, 0.15) is 11.3 Å². The SMILES string of the molecule is CC(C)(C)c1ccc(-c2nnc(SCC(=O)NC3(C#N)CCCCC3)n2Cc2ccco2)cc1. The fourth-order valence-electron chi connectivity index (χ4n) is 4.28. The van der Waals surface area contributed by atoms with E-state index >= 15 is 0 Å². The van der Waals surface area contributed by atoms with Crippen molar-refractivity contribution < 1.29 is 9.21 Å². The molecule has 1 fully saturated rings. The van der Waals surface area contributed by atoms with Crippen LogP contribution in [0.5, 0.6) is 0 Å². The smallest absolute Gasteiger partial charge is 0.231 e. The average Bonchev–Trinajstić information content (AvgIpc) is 3.48. The van der Waals surface area contributed by atoms with Gasteiger partial charge in [0.15, 0.2) is 11.0 Å². The van der Waals surface area contributed by atoms with Crippen LogP contribution in [0.4, 0.5) is 0 Å². The Morgan fingerprint density at radius 3 is 2.53 bits per heavy atom. The van der Waals surface area contributed by atoms with Gasteiger partial charge in [-0.05, 0) is 36.0 Å². The lowest BCUT2D eigenvalue weighted by molar-refractivity contribution is -0.120. The molecule has 3 aromatic rings. The van der Waals surface area contributed by atoms with Gasteiger partial charge < -0.3 is 9.73 Å². The van der Waals surface area contributed by atoms with Crippen molar-refractivity contribution in [1.29, 1.82) is 5.26 Å². The first-order valence-corrected chi connectivity index (χ1v) is 12.7. The molecule has 0 unspecified atom stereocenters. The molecule has 2 heterocycles. The first-order chi connectivity index (χ1) is 16.3. The number of hydrogen-bond donors (Lipinski definition) is 1. The molecular weight excluding hydrogens is 446 g/mol. The van der Waals surface area contributed by atoms with E-state index in [9.17, 15) is 10.1 Å². The number of nitrogens with zero attached hydrogens (tertiary/aromatic N) is 4. The monoisotopic (exact) mass is 477 g/mol. The quantitative estimate of drug-likeness (QED) is 0.463. The van der Waals surface area contributed by atoms with E-state index in [1.54, 1.807) is 6.26 Å². The van der Waals surface area contributed by atoms with E-state index in [1.165, 1.54) is 17.3 Å². The van der Waals surface area contributed by atoms with E-state index in [2.05, 4.69) is 66.6 Å². The largest absolute Gasteiger partial charge is 0.467 e. The number of amides is 1. The third kappa shape index (κ3) is 5.53. The normalized spacial score (nSPS) is 15.6. The minimum absolute atomic E-state index is 0.0634. The summed E-state index contributed by atoms with van der Waals surface area (Å²) in [5.41, 5.74) is 1.52. The number of hydrogen-bond acceptors (Lipinski definition) is 6. The van der Waals surface area contributed by atoms with E-state index in [-0.39, 0.29) is 17.1 Å². The Balaban J connectivity index is 1.53. The van der Waals surface area contributed by atoms with Crippen molar-refractivity contribution in [2.75, 3.05) is 5.75 Å². The highest BCUT2D eigenvalue weighted by atomic mass is 32.2. The number of furan rings is 1. The molecule has 0 radical (unpaired) electrons. The highest BCUT2D eigenvalue weighted by Crippen LogP contribution is 2.30. The molecule has 0 atom stereocenters. The topological polar surface area (TPSA) is 96.7 Å². The zero-order chi connectivity index (χ0) is 24.2. The summed E-state index contributed by atoms with van der Waals surface area (Å²) < 4.78 is 7.55. The fraction of sp³-hybridized carbons (Fsp3) is 0.462. The molecule has 1 aromatic carbocycles. The van der Waals surface area contributed by atoms with Gasteiger partial charge in [0.05, 0.1) is 24.6 Å². The molecule has 2 aromatic heterocycles. The Hall–Kier alpha value is -3.05. The average molecular weight is 478 g/mol. The van der Waals surface area contributed by atoms with Crippen molar-refractivity contribution in [3.8, 4) is 17.5 Å². The van der Waals surface area contributed by atoms with Crippen LogP contribution in [0.25, 0.3) is 11.4 Å². The molecule has 8 heteroatoms. The van der Waals surface area contributed by atoms with Crippen molar-refractivity contribution in [3.05, 3.63) is 54.0 Å². The van der Waals surface area contributed by atoms with Gasteiger partial charge in [-0.2, -0.15) is 5.26 Å². The van der Waals surface area contributed by atoms with Gasteiger partial charge in [0.25, 0.3) is 0 Å². The Labute approximate surface area is 204 Å². The second kappa shape index (κ2) is 10.1. The molecule has 0 bridgehead atoms. The summed E-state index contributed by atoms with van der Waals surface area (Å²) in [5, 5.41) is 22.1. The fourth-order valence-corrected chi connectivity index (χ4v) is 5.02. The Bertz CT molecular complexity index is 1150. The van der Waals surface area contributed by atoms with Gasteiger partial charge in [-0.25, -0.2) is 0 Å². The van der Waals surface area contributed by atoms with Crippen LogP contribution >= 0.6 is 11.8 Å². The molecule has 1 aliphatic rings. The van der Waals surface area contributed by atoms with E-state index in [0.717, 1.165) is 36.4 Å². The van der Waals surface area contributed by atoms with Crippen molar-refractivity contribution >= 4 is 17.7 Å². The van der Waals surface area contributed by atoms with Gasteiger partial charge in [-0.15, -0.1) is 10.2 Å². The minimum Gasteiger partial charge on any atom is -0.467 e. The minimum atomic E-state index is -0.738. The summed E-state index contributed by atoms with van der Waals surface area (Å²) in [4.78, 5) is 12.7. The third-order valence-electron chi connectivity index (χ3n) is 6.25. The molecule has 0 aliphatic heterocycles. The first kappa shape index (κ1) is 24.1. The van der Waals surface area contributed by atoms with Gasteiger partial charge >= 0.3 is 0 Å². The Morgan fingerprint density at radius 1 is 1.18 bits per heavy atom. The van der Waals surface area contributed by atoms with Crippen molar-refractivity contribution in [2.24, 2.45) is 0 Å². The summed E-state index contributed by atoms with van der Waals surface area (Å²) in [6.45, 7) is 7.02. The van der Waals surface area contributed by atoms with E-state index in [4.69, 9.17) is 4.42 Å². The maximum absolute atomic E-state index is 12.7. The molecule has 1 amide bonds. The number of carbonyl (C=O) groups is 1. The molecule has 1 saturated carbocycles. The highest BCUT2D eigenvalue weighted by Gasteiger charge is 2.33. The number of nitriles is 1. The molecule has 34 heavy (non-hydrogen) atoms. The lowest BCUT2D eigenvalue weighted by Gasteiger charge is -2.31. The maximum Gasteiger partial charge on any atom is 0.231 e. The van der Waals surface area contributed by atoms with Crippen LogP contribution in [0.1, 0.15) is 64.2 Å². The van der Waals surface area contributed by atoms with Gasteiger partial charge in [-0.3, -0.25) is 9.36 Å². The molecule has 7 nitrogen and oxygen atoms in total. The van der Waals surface area contributed by atoms with Gasteiger partial charge in [0.2, 0.25) is 5.91 Å². The Morgan fingerprint density at radius 2 is 1.91 bits per heavy atom.